The molecule has 1 aromatic rings. The number of carbonyl (C=O) groups excluding carboxylic acids is 1. The second-order valence-corrected chi connectivity index (χ2v) is 4.83. The number of aromatic nitrogens is 1. The molecule has 18 heavy (non-hydrogen) atoms. The van der Waals surface area contributed by atoms with Gasteiger partial charge in [-0.2, -0.15) is 0 Å². The van der Waals surface area contributed by atoms with Gasteiger partial charge >= 0.3 is 0 Å². The largest absolute Gasteiger partial charge is 0.480 e. The maximum atomic E-state index is 12.2. The summed E-state index contributed by atoms with van der Waals surface area (Å²) in [6.07, 6.45) is 3.48. The van der Waals surface area contributed by atoms with Crippen LogP contribution in [0.25, 0.3) is 0 Å². The van der Waals surface area contributed by atoms with Crippen molar-refractivity contribution in [2.45, 2.75) is 25.3 Å². The van der Waals surface area contributed by atoms with Gasteiger partial charge in [-0.05, 0) is 45.0 Å². The summed E-state index contributed by atoms with van der Waals surface area (Å²) in [5, 5.41) is 6.37. The Bertz CT molecular complexity index is 428. The Labute approximate surface area is 107 Å². The number of pyridine rings is 1. The van der Waals surface area contributed by atoms with Gasteiger partial charge in [0.1, 0.15) is 5.56 Å². The Hall–Kier alpha value is -1.62. The molecule has 1 aliphatic heterocycles. The van der Waals surface area contributed by atoms with Crippen LogP contribution in [0, 0.1) is 0 Å². The monoisotopic (exact) mass is 249 g/mol. The van der Waals surface area contributed by atoms with Crippen LogP contribution in [0.4, 0.5) is 0 Å². The van der Waals surface area contributed by atoms with Crippen molar-refractivity contribution in [2.75, 3.05) is 20.2 Å². The lowest BCUT2D eigenvalue weighted by Crippen LogP contribution is -2.52. The Morgan fingerprint density at radius 1 is 1.50 bits per heavy atom. The van der Waals surface area contributed by atoms with Crippen LogP contribution in [0.1, 0.15) is 30.1 Å². The number of rotatable bonds is 3. The van der Waals surface area contributed by atoms with E-state index >= 15 is 0 Å². The molecule has 5 nitrogen and oxygen atoms in total. The first-order chi connectivity index (χ1) is 8.64. The lowest BCUT2D eigenvalue weighted by molar-refractivity contribution is 0.0883. The van der Waals surface area contributed by atoms with Gasteiger partial charge in [0.25, 0.3) is 5.91 Å². The Kier molecular flexibility index (Phi) is 3.81. The molecule has 0 bridgehead atoms. The van der Waals surface area contributed by atoms with Crippen LogP contribution in [0.15, 0.2) is 18.3 Å². The average molecular weight is 249 g/mol. The number of methoxy groups -OCH3 is 1. The molecule has 1 fully saturated rings. The van der Waals surface area contributed by atoms with Gasteiger partial charge in [0.05, 0.1) is 7.11 Å². The van der Waals surface area contributed by atoms with Gasteiger partial charge in [0.15, 0.2) is 0 Å². The van der Waals surface area contributed by atoms with E-state index in [9.17, 15) is 4.79 Å². The molecule has 0 radical (unpaired) electrons. The van der Waals surface area contributed by atoms with Gasteiger partial charge in [-0.3, -0.25) is 4.79 Å². The summed E-state index contributed by atoms with van der Waals surface area (Å²) in [4.78, 5) is 16.3. The first-order valence-electron chi connectivity index (χ1n) is 6.17. The zero-order valence-electron chi connectivity index (χ0n) is 10.8. The third-order valence-electron chi connectivity index (χ3n) is 3.33. The van der Waals surface area contributed by atoms with Gasteiger partial charge in [0.2, 0.25) is 5.88 Å². The van der Waals surface area contributed by atoms with Gasteiger partial charge in [-0.25, -0.2) is 4.98 Å². The molecule has 0 atom stereocenters. The molecule has 2 N–H and O–H groups in total. The molecular formula is C13H19N3O2. The number of carbonyl (C=O) groups is 1. The molecule has 5 heteroatoms. The van der Waals surface area contributed by atoms with E-state index < -0.39 is 0 Å². The lowest BCUT2D eigenvalue weighted by Gasteiger charge is -2.35. The number of amides is 1. The van der Waals surface area contributed by atoms with E-state index in [2.05, 4.69) is 22.5 Å². The molecule has 1 aliphatic rings. The van der Waals surface area contributed by atoms with Crippen LogP contribution in [0.5, 0.6) is 5.88 Å². The number of hydrogen-bond donors (Lipinski definition) is 2. The molecule has 0 unspecified atom stereocenters. The van der Waals surface area contributed by atoms with Gasteiger partial charge in [-0.15, -0.1) is 0 Å². The zero-order chi connectivity index (χ0) is 13.0. The fraction of sp³-hybridized carbons (Fsp3) is 0.538. The Morgan fingerprint density at radius 3 is 2.89 bits per heavy atom. The Morgan fingerprint density at radius 2 is 2.22 bits per heavy atom. The molecule has 2 heterocycles. The molecule has 0 aromatic carbocycles. The summed E-state index contributed by atoms with van der Waals surface area (Å²) in [6.45, 7) is 3.94. The van der Waals surface area contributed by atoms with Gasteiger partial charge < -0.3 is 15.4 Å². The number of hydrogen-bond acceptors (Lipinski definition) is 4. The number of nitrogens with zero attached hydrogens (tertiary/aromatic N) is 1. The van der Waals surface area contributed by atoms with Crippen molar-refractivity contribution >= 4 is 5.91 Å². The summed E-state index contributed by atoms with van der Waals surface area (Å²) in [6, 6.07) is 3.47. The predicted molar refractivity (Wildman–Crippen MR) is 68.8 cm³/mol. The molecule has 0 saturated carbocycles. The van der Waals surface area contributed by atoms with E-state index in [0.717, 1.165) is 25.9 Å². The van der Waals surface area contributed by atoms with E-state index in [4.69, 9.17) is 4.74 Å². The normalized spacial score (nSPS) is 18.1. The molecular weight excluding hydrogens is 230 g/mol. The van der Waals surface area contributed by atoms with E-state index in [0.29, 0.717) is 11.4 Å². The highest BCUT2D eigenvalue weighted by molar-refractivity contribution is 5.96. The first-order valence-corrected chi connectivity index (χ1v) is 6.17. The van der Waals surface area contributed by atoms with E-state index in [1.807, 2.05) is 0 Å². The Balaban J connectivity index is 2.11. The van der Waals surface area contributed by atoms with Crippen LogP contribution in [-0.2, 0) is 0 Å². The smallest absolute Gasteiger partial charge is 0.257 e. The summed E-state index contributed by atoms with van der Waals surface area (Å²) in [5.41, 5.74) is 0.336. The van der Waals surface area contributed by atoms with Crippen LogP contribution in [-0.4, -0.2) is 36.6 Å². The highest BCUT2D eigenvalue weighted by atomic mass is 16.5. The third-order valence-corrected chi connectivity index (χ3v) is 3.33. The average Bonchev–Trinajstić information content (AvgIpc) is 2.39. The molecule has 1 saturated heterocycles. The van der Waals surface area contributed by atoms with E-state index in [1.54, 1.807) is 18.3 Å². The second kappa shape index (κ2) is 5.35. The summed E-state index contributed by atoms with van der Waals surface area (Å²) < 4.78 is 5.10. The zero-order valence-corrected chi connectivity index (χ0v) is 10.8. The van der Waals surface area contributed by atoms with Crippen LogP contribution in [0.2, 0.25) is 0 Å². The fourth-order valence-corrected chi connectivity index (χ4v) is 2.17. The first kappa shape index (κ1) is 12.8. The molecule has 98 valence electrons. The minimum atomic E-state index is -0.150. The van der Waals surface area contributed by atoms with Crippen molar-refractivity contribution in [1.82, 2.24) is 15.6 Å². The summed E-state index contributed by atoms with van der Waals surface area (Å²) in [5.74, 6) is 0.247. The van der Waals surface area contributed by atoms with Gasteiger partial charge in [0, 0.05) is 11.7 Å². The predicted octanol–water partition coefficient (Wildman–Crippen LogP) is 0.962. The van der Waals surface area contributed by atoms with Crippen molar-refractivity contribution in [1.29, 1.82) is 0 Å². The second-order valence-electron chi connectivity index (χ2n) is 4.83. The highest BCUT2D eigenvalue weighted by Crippen LogP contribution is 2.20. The number of piperidine rings is 1. The topological polar surface area (TPSA) is 63.2 Å². The number of nitrogens with one attached hydrogen (secondary N) is 2. The van der Waals surface area contributed by atoms with Crippen molar-refractivity contribution in [2.24, 2.45) is 0 Å². The minimum absolute atomic E-state index is 0.121. The molecule has 0 aliphatic carbocycles. The van der Waals surface area contributed by atoms with Crippen molar-refractivity contribution in [3.63, 3.8) is 0 Å². The van der Waals surface area contributed by atoms with Gasteiger partial charge in [-0.1, -0.05) is 0 Å². The molecule has 0 spiro atoms. The van der Waals surface area contributed by atoms with Crippen molar-refractivity contribution in [3.8, 4) is 5.88 Å². The van der Waals surface area contributed by atoms with Crippen LogP contribution >= 0.6 is 0 Å². The maximum absolute atomic E-state index is 12.2. The van der Waals surface area contributed by atoms with E-state index in [1.165, 1.54) is 7.11 Å². The van der Waals surface area contributed by atoms with Crippen LogP contribution < -0.4 is 15.4 Å². The standard InChI is InChI=1S/C13H19N3O2/c1-13(5-8-14-9-6-13)16-11(17)10-4-3-7-15-12(10)18-2/h3-4,7,14H,5-6,8-9H2,1-2H3,(H,16,17). The number of ether oxygens (including phenoxy) is 1. The minimum Gasteiger partial charge on any atom is -0.480 e. The van der Waals surface area contributed by atoms with Crippen LogP contribution in [0.3, 0.4) is 0 Å². The summed E-state index contributed by atoms with van der Waals surface area (Å²) >= 11 is 0. The lowest BCUT2D eigenvalue weighted by atomic mass is 9.90. The van der Waals surface area contributed by atoms with Crippen molar-refractivity contribution in [3.05, 3.63) is 23.9 Å². The SMILES string of the molecule is COc1ncccc1C(=O)NC1(C)CCNCC1. The molecule has 1 amide bonds. The fourth-order valence-electron chi connectivity index (χ4n) is 2.17. The molecule has 2 rings (SSSR count). The quantitative estimate of drug-likeness (QED) is 0.837. The van der Waals surface area contributed by atoms with E-state index in [-0.39, 0.29) is 11.4 Å². The molecule has 1 aromatic heterocycles. The third kappa shape index (κ3) is 2.79. The highest BCUT2D eigenvalue weighted by Gasteiger charge is 2.29. The van der Waals surface area contributed by atoms with Crippen molar-refractivity contribution < 1.29 is 9.53 Å². The maximum Gasteiger partial charge on any atom is 0.257 e. The summed E-state index contributed by atoms with van der Waals surface area (Å²) in [7, 11) is 1.52.